The SMILES string of the molecule is Cc1cc(S(=O)(=O)NC2CCCCCC2)cc(N)c1C. The van der Waals surface area contributed by atoms with Crippen LogP contribution in [0.4, 0.5) is 5.69 Å². The van der Waals surface area contributed by atoms with E-state index in [4.69, 9.17) is 5.73 Å². The van der Waals surface area contributed by atoms with Crippen LogP contribution in [-0.4, -0.2) is 14.5 Å². The van der Waals surface area contributed by atoms with E-state index in [-0.39, 0.29) is 10.9 Å². The van der Waals surface area contributed by atoms with Crippen molar-refractivity contribution < 1.29 is 8.42 Å². The zero-order chi connectivity index (χ0) is 14.8. The average Bonchev–Trinajstić information content (AvgIpc) is 2.63. The summed E-state index contributed by atoms with van der Waals surface area (Å²) in [7, 11) is -3.47. The number of aryl methyl sites for hydroxylation is 1. The molecule has 0 radical (unpaired) electrons. The van der Waals surface area contributed by atoms with Crippen molar-refractivity contribution in [1.29, 1.82) is 0 Å². The number of hydrogen-bond acceptors (Lipinski definition) is 3. The Balaban J connectivity index is 2.21. The quantitative estimate of drug-likeness (QED) is 0.665. The molecule has 5 heteroatoms. The van der Waals surface area contributed by atoms with Gasteiger partial charge in [-0.2, -0.15) is 0 Å². The van der Waals surface area contributed by atoms with E-state index < -0.39 is 10.0 Å². The summed E-state index contributed by atoms with van der Waals surface area (Å²) in [6.45, 7) is 3.79. The lowest BCUT2D eigenvalue weighted by Crippen LogP contribution is -2.34. The lowest BCUT2D eigenvalue weighted by Gasteiger charge is -2.17. The van der Waals surface area contributed by atoms with E-state index in [1.807, 2.05) is 13.8 Å². The Morgan fingerprint density at radius 1 is 1.10 bits per heavy atom. The summed E-state index contributed by atoms with van der Waals surface area (Å²) in [6.07, 6.45) is 6.47. The predicted octanol–water partition coefficient (Wildman–Crippen LogP) is 2.89. The van der Waals surface area contributed by atoms with Gasteiger partial charge in [-0.15, -0.1) is 0 Å². The van der Waals surface area contributed by atoms with E-state index in [1.54, 1.807) is 12.1 Å². The maximum Gasteiger partial charge on any atom is 0.240 e. The summed E-state index contributed by atoms with van der Waals surface area (Å²) in [4.78, 5) is 0.280. The molecule has 1 aromatic rings. The number of sulfonamides is 1. The van der Waals surface area contributed by atoms with Crippen molar-refractivity contribution in [3.63, 3.8) is 0 Å². The van der Waals surface area contributed by atoms with Gasteiger partial charge in [0.25, 0.3) is 0 Å². The van der Waals surface area contributed by atoms with Gasteiger partial charge in [-0.05, 0) is 49.9 Å². The molecule has 20 heavy (non-hydrogen) atoms. The van der Waals surface area contributed by atoms with Gasteiger partial charge in [-0.25, -0.2) is 13.1 Å². The zero-order valence-electron chi connectivity index (χ0n) is 12.3. The van der Waals surface area contributed by atoms with Crippen molar-refractivity contribution in [3.8, 4) is 0 Å². The molecule has 1 fully saturated rings. The number of anilines is 1. The van der Waals surface area contributed by atoms with E-state index in [0.717, 1.165) is 36.8 Å². The van der Waals surface area contributed by atoms with Gasteiger partial charge in [0.15, 0.2) is 0 Å². The zero-order valence-corrected chi connectivity index (χ0v) is 13.1. The van der Waals surface area contributed by atoms with Gasteiger partial charge in [0.2, 0.25) is 10.0 Å². The van der Waals surface area contributed by atoms with E-state index in [1.165, 1.54) is 12.8 Å². The van der Waals surface area contributed by atoms with E-state index >= 15 is 0 Å². The fourth-order valence-electron chi connectivity index (χ4n) is 2.69. The van der Waals surface area contributed by atoms with Gasteiger partial charge in [-0.1, -0.05) is 25.7 Å². The van der Waals surface area contributed by atoms with Crippen LogP contribution < -0.4 is 10.5 Å². The van der Waals surface area contributed by atoms with Crippen LogP contribution >= 0.6 is 0 Å². The van der Waals surface area contributed by atoms with E-state index in [0.29, 0.717) is 5.69 Å². The maximum atomic E-state index is 12.5. The van der Waals surface area contributed by atoms with E-state index in [2.05, 4.69) is 4.72 Å². The van der Waals surface area contributed by atoms with Crippen LogP contribution in [0.5, 0.6) is 0 Å². The first-order valence-electron chi connectivity index (χ1n) is 7.29. The standard InChI is InChI=1S/C15H24N2O2S/c1-11-9-14(10-15(16)12(11)2)20(18,19)17-13-7-5-3-4-6-8-13/h9-10,13,17H,3-8,16H2,1-2H3. The van der Waals surface area contributed by atoms with Crippen LogP contribution in [0.15, 0.2) is 17.0 Å². The van der Waals surface area contributed by atoms with Crippen LogP contribution in [-0.2, 0) is 10.0 Å². The van der Waals surface area contributed by atoms with Gasteiger partial charge in [0, 0.05) is 11.7 Å². The van der Waals surface area contributed by atoms with Crippen molar-refractivity contribution >= 4 is 15.7 Å². The number of benzene rings is 1. The number of rotatable bonds is 3. The smallest absolute Gasteiger partial charge is 0.240 e. The molecule has 0 bridgehead atoms. The van der Waals surface area contributed by atoms with Crippen molar-refractivity contribution in [2.24, 2.45) is 0 Å². The lowest BCUT2D eigenvalue weighted by molar-refractivity contribution is 0.510. The highest BCUT2D eigenvalue weighted by atomic mass is 32.2. The molecule has 1 aliphatic carbocycles. The van der Waals surface area contributed by atoms with Crippen LogP contribution in [0.25, 0.3) is 0 Å². The summed E-state index contributed by atoms with van der Waals surface area (Å²) in [5.74, 6) is 0. The number of hydrogen-bond donors (Lipinski definition) is 2. The second-order valence-corrected chi connectivity index (χ2v) is 7.48. The molecule has 112 valence electrons. The van der Waals surface area contributed by atoms with Crippen LogP contribution in [0.3, 0.4) is 0 Å². The maximum absolute atomic E-state index is 12.5. The second-order valence-electron chi connectivity index (χ2n) is 5.76. The van der Waals surface area contributed by atoms with Gasteiger partial charge >= 0.3 is 0 Å². The molecule has 0 aromatic heterocycles. The summed E-state index contributed by atoms with van der Waals surface area (Å²) >= 11 is 0. The Bertz CT molecular complexity index is 551. The molecule has 0 unspecified atom stereocenters. The van der Waals surface area contributed by atoms with E-state index in [9.17, 15) is 8.42 Å². The van der Waals surface area contributed by atoms with Gasteiger partial charge in [0.1, 0.15) is 0 Å². The Labute approximate surface area is 121 Å². The van der Waals surface area contributed by atoms with Gasteiger partial charge in [0.05, 0.1) is 4.90 Å². The molecule has 1 aliphatic rings. The molecular formula is C15H24N2O2S. The lowest BCUT2D eigenvalue weighted by atomic mass is 10.1. The third-order valence-corrected chi connectivity index (χ3v) is 5.67. The number of nitrogens with two attached hydrogens (primary N) is 1. The van der Waals surface area contributed by atoms with Crippen LogP contribution in [0.2, 0.25) is 0 Å². The van der Waals surface area contributed by atoms with Crippen molar-refractivity contribution in [1.82, 2.24) is 4.72 Å². The molecule has 1 saturated carbocycles. The first-order valence-corrected chi connectivity index (χ1v) is 8.77. The molecule has 4 nitrogen and oxygen atoms in total. The van der Waals surface area contributed by atoms with Crippen molar-refractivity contribution in [2.75, 3.05) is 5.73 Å². The average molecular weight is 296 g/mol. The second kappa shape index (κ2) is 6.14. The van der Waals surface area contributed by atoms with Crippen LogP contribution in [0.1, 0.15) is 49.7 Å². The molecule has 2 rings (SSSR count). The largest absolute Gasteiger partial charge is 0.398 e. The molecule has 0 heterocycles. The minimum atomic E-state index is -3.47. The highest BCUT2D eigenvalue weighted by Gasteiger charge is 2.22. The fraction of sp³-hybridized carbons (Fsp3) is 0.600. The van der Waals surface area contributed by atoms with Crippen molar-refractivity contribution in [2.45, 2.75) is 63.3 Å². The summed E-state index contributed by atoms with van der Waals surface area (Å²) < 4.78 is 27.8. The number of nitrogen functional groups attached to an aromatic ring is 1. The first kappa shape index (κ1) is 15.3. The molecule has 0 atom stereocenters. The number of nitrogens with one attached hydrogen (secondary N) is 1. The summed E-state index contributed by atoms with van der Waals surface area (Å²) in [5, 5.41) is 0. The fourth-order valence-corrected chi connectivity index (χ4v) is 4.12. The minimum Gasteiger partial charge on any atom is -0.398 e. The molecule has 3 N–H and O–H groups in total. The molecule has 0 spiro atoms. The monoisotopic (exact) mass is 296 g/mol. The van der Waals surface area contributed by atoms with Crippen molar-refractivity contribution in [3.05, 3.63) is 23.3 Å². The molecule has 1 aromatic carbocycles. The highest BCUT2D eigenvalue weighted by Crippen LogP contribution is 2.23. The molecule has 0 aliphatic heterocycles. The Kier molecular flexibility index (Phi) is 4.70. The summed E-state index contributed by atoms with van der Waals surface area (Å²) in [6, 6.07) is 3.32. The predicted molar refractivity (Wildman–Crippen MR) is 82.1 cm³/mol. The van der Waals surface area contributed by atoms with Gasteiger partial charge < -0.3 is 5.73 Å². The molecule has 0 saturated heterocycles. The molecule has 0 amide bonds. The summed E-state index contributed by atoms with van der Waals surface area (Å²) in [5.41, 5.74) is 8.27. The van der Waals surface area contributed by atoms with Gasteiger partial charge in [-0.3, -0.25) is 0 Å². The normalized spacial score (nSPS) is 17.9. The third-order valence-electron chi connectivity index (χ3n) is 4.17. The topological polar surface area (TPSA) is 72.2 Å². The Morgan fingerprint density at radius 2 is 1.70 bits per heavy atom. The first-order chi connectivity index (χ1) is 9.40. The van der Waals surface area contributed by atoms with Crippen LogP contribution in [0, 0.1) is 13.8 Å². The minimum absolute atomic E-state index is 0.0605. The highest BCUT2D eigenvalue weighted by molar-refractivity contribution is 7.89. The third kappa shape index (κ3) is 3.52. The Morgan fingerprint density at radius 3 is 2.25 bits per heavy atom. The Hall–Kier alpha value is -1.07. The molecular weight excluding hydrogens is 272 g/mol.